The maximum absolute atomic E-state index is 13.1. The Hall–Kier alpha value is -2.56. The standard InChI is InChI=1S/C19H20ClN5O4S/c1-12-15(10-21-11-22-12)19-24-23-18(29-19)13-5-7-25(8-6-13)30(26,27)17-9-14(20)3-4-16(17)28-2/h3-4,9-11,13H,5-8H2,1-2H3. The van der Waals surface area contributed by atoms with Gasteiger partial charge in [0, 0.05) is 30.2 Å². The van der Waals surface area contributed by atoms with Gasteiger partial charge in [0.15, 0.2) is 0 Å². The lowest BCUT2D eigenvalue weighted by Crippen LogP contribution is -2.38. The lowest BCUT2D eigenvalue weighted by Gasteiger charge is -2.30. The molecular formula is C19H20ClN5O4S. The first-order valence-electron chi connectivity index (χ1n) is 9.34. The maximum Gasteiger partial charge on any atom is 0.251 e. The molecule has 0 unspecified atom stereocenters. The molecule has 9 nitrogen and oxygen atoms in total. The monoisotopic (exact) mass is 449 g/mol. The second-order valence-electron chi connectivity index (χ2n) is 6.94. The van der Waals surface area contributed by atoms with Crippen LogP contribution in [0.5, 0.6) is 5.75 Å². The molecule has 0 saturated carbocycles. The van der Waals surface area contributed by atoms with E-state index in [-0.39, 0.29) is 16.6 Å². The summed E-state index contributed by atoms with van der Waals surface area (Å²) in [6.45, 7) is 2.50. The Bertz CT molecular complexity index is 1160. The number of piperidine rings is 1. The van der Waals surface area contributed by atoms with Gasteiger partial charge in [-0.05, 0) is 38.0 Å². The third-order valence-corrected chi connectivity index (χ3v) is 7.28. The number of hydrogen-bond acceptors (Lipinski definition) is 8. The highest BCUT2D eigenvalue weighted by atomic mass is 35.5. The molecule has 2 aromatic heterocycles. The van der Waals surface area contributed by atoms with E-state index in [1.54, 1.807) is 18.3 Å². The summed E-state index contributed by atoms with van der Waals surface area (Å²) < 4.78 is 38.7. The van der Waals surface area contributed by atoms with Crippen molar-refractivity contribution < 1.29 is 17.6 Å². The number of hydrogen-bond donors (Lipinski definition) is 0. The maximum atomic E-state index is 13.1. The Balaban J connectivity index is 1.50. The Labute approximate surface area is 179 Å². The van der Waals surface area contributed by atoms with Crippen molar-refractivity contribution in [3.8, 4) is 17.2 Å². The molecular weight excluding hydrogens is 430 g/mol. The molecule has 0 atom stereocenters. The first kappa shape index (κ1) is 20.7. The normalized spacial score (nSPS) is 16.0. The van der Waals surface area contributed by atoms with Gasteiger partial charge in [0.2, 0.25) is 15.9 Å². The minimum absolute atomic E-state index is 0.0242. The van der Waals surface area contributed by atoms with Crippen LogP contribution in [-0.2, 0) is 10.0 Å². The molecule has 3 aromatic rings. The third-order valence-electron chi connectivity index (χ3n) is 5.13. The predicted octanol–water partition coefficient (Wildman–Crippen LogP) is 3.07. The van der Waals surface area contributed by atoms with E-state index in [0.717, 1.165) is 5.69 Å². The zero-order valence-electron chi connectivity index (χ0n) is 16.4. The van der Waals surface area contributed by atoms with E-state index < -0.39 is 10.0 Å². The number of rotatable bonds is 5. The van der Waals surface area contributed by atoms with Crippen molar-refractivity contribution in [2.75, 3.05) is 20.2 Å². The Morgan fingerprint density at radius 1 is 1.23 bits per heavy atom. The Morgan fingerprint density at radius 2 is 2.00 bits per heavy atom. The van der Waals surface area contributed by atoms with Gasteiger partial charge in [0.25, 0.3) is 5.89 Å². The van der Waals surface area contributed by atoms with Gasteiger partial charge >= 0.3 is 0 Å². The SMILES string of the molecule is COc1ccc(Cl)cc1S(=O)(=O)N1CCC(c2nnc(-c3cncnc3C)o2)CC1. The van der Waals surface area contributed by atoms with E-state index >= 15 is 0 Å². The smallest absolute Gasteiger partial charge is 0.251 e. The molecule has 0 radical (unpaired) electrons. The molecule has 30 heavy (non-hydrogen) atoms. The van der Waals surface area contributed by atoms with Gasteiger partial charge in [-0.15, -0.1) is 10.2 Å². The summed E-state index contributed by atoms with van der Waals surface area (Å²) in [5, 5.41) is 8.61. The summed E-state index contributed by atoms with van der Waals surface area (Å²) in [6, 6.07) is 4.56. The summed E-state index contributed by atoms with van der Waals surface area (Å²) >= 11 is 6.01. The van der Waals surface area contributed by atoms with Crippen molar-refractivity contribution in [2.24, 2.45) is 0 Å². The number of sulfonamides is 1. The van der Waals surface area contributed by atoms with Crippen LogP contribution in [0.15, 0.2) is 40.0 Å². The number of methoxy groups -OCH3 is 1. The largest absolute Gasteiger partial charge is 0.495 e. The summed E-state index contributed by atoms with van der Waals surface area (Å²) in [6.07, 6.45) is 4.22. The van der Waals surface area contributed by atoms with Gasteiger partial charge in [-0.2, -0.15) is 4.31 Å². The summed E-state index contributed by atoms with van der Waals surface area (Å²) in [5.41, 5.74) is 1.43. The van der Waals surface area contributed by atoms with Crippen LogP contribution in [0.25, 0.3) is 11.5 Å². The van der Waals surface area contributed by atoms with E-state index in [1.165, 1.54) is 23.8 Å². The molecule has 1 saturated heterocycles. The Kier molecular flexibility index (Phi) is 5.72. The van der Waals surface area contributed by atoms with Crippen LogP contribution in [0.2, 0.25) is 5.02 Å². The molecule has 0 N–H and O–H groups in total. The molecule has 0 bridgehead atoms. The minimum atomic E-state index is -3.74. The molecule has 1 aliphatic rings. The van der Waals surface area contributed by atoms with Crippen molar-refractivity contribution in [3.05, 3.63) is 47.3 Å². The third kappa shape index (κ3) is 3.90. The fourth-order valence-corrected chi connectivity index (χ4v) is 5.33. The van der Waals surface area contributed by atoms with Gasteiger partial charge in [-0.25, -0.2) is 18.4 Å². The van der Waals surface area contributed by atoms with Crippen LogP contribution in [0.3, 0.4) is 0 Å². The average Bonchev–Trinajstić information content (AvgIpc) is 3.24. The van der Waals surface area contributed by atoms with Crippen LogP contribution >= 0.6 is 11.6 Å². The second kappa shape index (κ2) is 8.29. The molecule has 0 spiro atoms. The number of aryl methyl sites for hydroxylation is 1. The van der Waals surface area contributed by atoms with Gasteiger partial charge in [-0.3, -0.25) is 0 Å². The molecule has 158 valence electrons. The summed E-state index contributed by atoms with van der Waals surface area (Å²) in [4.78, 5) is 8.19. The van der Waals surface area contributed by atoms with Gasteiger partial charge in [-0.1, -0.05) is 11.6 Å². The number of ether oxygens (including phenoxy) is 1. The van der Waals surface area contributed by atoms with Crippen molar-refractivity contribution in [2.45, 2.75) is 30.6 Å². The zero-order chi connectivity index (χ0) is 21.3. The van der Waals surface area contributed by atoms with Crippen molar-refractivity contribution in [3.63, 3.8) is 0 Å². The molecule has 4 rings (SSSR count). The van der Waals surface area contributed by atoms with Crippen LogP contribution < -0.4 is 4.74 Å². The van der Waals surface area contributed by atoms with Crippen LogP contribution in [0.1, 0.15) is 30.3 Å². The first-order valence-corrected chi connectivity index (χ1v) is 11.2. The van der Waals surface area contributed by atoms with E-state index in [4.69, 9.17) is 20.8 Å². The fourth-order valence-electron chi connectivity index (χ4n) is 3.44. The number of benzene rings is 1. The van der Waals surface area contributed by atoms with Crippen molar-refractivity contribution in [1.29, 1.82) is 0 Å². The van der Waals surface area contributed by atoms with E-state index in [0.29, 0.717) is 48.3 Å². The fraction of sp³-hybridized carbons (Fsp3) is 0.368. The first-order chi connectivity index (χ1) is 14.4. The lowest BCUT2D eigenvalue weighted by atomic mass is 9.98. The van der Waals surface area contributed by atoms with Gasteiger partial charge in [0.1, 0.15) is 17.0 Å². The van der Waals surface area contributed by atoms with E-state index in [1.807, 2.05) is 6.92 Å². The number of aromatic nitrogens is 4. The molecule has 0 amide bonds. The minimum Gasteiger partial charge on any atom is -0.495 e. The van der Waals surface area contributed by atoms with Crippen LogP contribution in [0, 0.1) is 6.92 Å². The molecule has 1 aromatic carbocycles. The summed E-state index contributed by atoms with van der Waals surface area (Å²) in [7, 11) is -2.30. The topological polar surface area (TPSA) is 111 Å². The highest BCUT2D eigenvalue weighted by Gasteiger charge is 2.34. The molecule has 1 fully saturated rings. The molecule has 1 aliphatic heterocycles. The van der Waals surface area contributed by atoms with Crippen LogP contribution in [-0.4, -0.2) is 53.1 Å². The lowest BCUT2D eigenvalue weighted by molar-refractivity contribution is 0.290. The average molecular weight is 450 g/mol. The van der Waals surface area contributed by atoms with E-state index in [2.05, 4.69) is 20.2 Å². The number of halogens is 1. The number of nitrogens with zero attached hydrogens (tertiary/aromatic N) is 5. The Morgan fingerprint density at radius 3 is 2.70 bits per heavy atom. The summed E-state index contributed by atoms with van der Waals surface area (Å²) in [5.74, 6) is 1.10. The highest BCUT2D eigenvalue weighted by Crippen LogP contribution is 2.34. The quantitative estimate of drug-likeness (QED) is 0.584. The molecule has 3 heterocycles. The van der Waals surface area contributed by atoms with Crippen molar-refractivity contribution in [1.82, 2.24) is 24.5 Å². The van der Waals surface area contributed by atoms with Crippen molar-refractivity contribution >= 4 is 21.6 Å². The predicted molar refractivity (Wildman–Crippen MR) is 109 cm³/mol. The van der Waals surface area contributed by atoms with Gasteiger partial charge < -0.3 is 9.15 Å². The molecule has 11 heteroatoms. The molecule has 0 aliphatic carbocycles. The van der Waals surface area contributed by atoms with E-state index in [9.17, 15) is 8.42 Å². The van der Waals surface area contributed by atoms with Gasteiger partial charge in [0.05, 0.1) is 18.4 Å². The van der Waals surface area contributed by atoms with Crippen LogP contribution in [0.4, 0.5) is 0 Å². The zero-order valence-corrected chi connectivity index (χ0v) is 18.0. The second-order valence-corrected chi connectivity index (χ2v) is 9.28. The highest BCUT2D eigenvalue weighted by molar-refractivity contribution is 7.89.